The Morgan fingerprint density at radius 3 is 2.64 bits per heavy atom. The minimum absolute atomic E-state index is 0.201. The molecule has 1 amide bonds. The van der Waals surface area contributed by atoms with Crippen molar-refractivity contribution in [3.05, 3.63) is 10.6 Å². The number of esters is 1. The van der Waals surface area contributed by atoms with Crippen LogP contribution in [0.5, 0.6) is 0 Å². The maximum Gasteiger partial charge on any atom is 0.352 e. The van der Waals surface area contributed by atoms with Gasteiger partial charge in [0.1, 0.15) is 0 Å². The molecule has 7 heteroatoms. The fourth-order valence-corrected chi connectivity index (χ4v) is 3.24. The van der Waals surface area contributed by atoms with Crippen LogP contribution in [0.25, 0.3) is 0 Å². The number of hydrogen-bond acceptors (Lipinski definition) is 6. The summed E-state index contributed by atoms with van der Waals surface area (Å²) >= 11 is 1.01. The van der Waals surface area contributed by atoms with Crippen molar-refractivity contribution >= 4 is 23.4 Å². The fraction of sp³-hybridized carbons (Fsp3) is 0.733. The topological polar surface area (TPSA) is 81.2 Å². The van der Waals surface area contributed by atoms with Crippen molar-refractivity contribution in [1.29, 1.82) is 0 Å². The number of aryl methyl sites for hydroxylation is 1. The first-order chi connectivity index (χ1) is 10.6. The summed E-state index contributed by atoms with van der Waals surface area (Å²) < 4.78 is 9.01. The molecule has 1 aromatic rings. The van der Waals surface area contributed by atoms with E-state index in [1.807, 2.05) is 6.92 Å². The molecule has 22 heavy (non-hydrogen) atoms. The summed E-state index contributed by atoms with van der Waals surface area (Å²) in [5, 5.41) is 6.87. The molecular formula is C15H23N3O3S. The SMILES string of the molecule is CCc1nnsc1C(=O)O[C@H](C)C(=O)NC1CCCCCC1. The molecule has 122 valence electrons. The van der Waals surface area contributed by atoms with Crippen LogP contribution in [0.2, 0.25) is 0 Å². The fourth-order valence-electron chi connectivity index (χ4n) is 2.60. The molecule has 0 radical (unpaired) electrons. The third-order valence-corrected chi connectivity index (χ3v) is 4.68. The number of carbonyl (C=O) groups is 2. The Morgan fingerprint density at radius 1 is 1.32 bits per heavy atom. The molecule has 0 aromatic carbocycles. The number of rotatable bonds is 5. The summed E-state index contributed by atoms with van der Waals surface area (Å²) in [5.74, 6) is -0.744. The van der Waals surface area contributed by atoms with E-state index in [1.54, 1.807) is 6.92 Å². The zero-order valence-corrected chi connectivity index (χ0v) is 13.9. The van der Waals surface area contributed by atoms with Gasteiger partial charge in [0, 0.05) is 6.04 Å². The van der Waals surface area contributed by atoms with Gasteiger partial charge in [-0.15, -0.1) is 5.10 Å². The first-order valence-electron chi connectivity index (χ1n) is 7.94. The number of amides is 1. The molecule has 2 rings (SSSR count). The van der Waals surface area contributed by atoms with Crippen LogP contribution >= 0.6 is 11.5 Å². The summed E-state index contributed by atoms with van der Waals surface area (Å²) in [6, 6.07) is 0.201. The van der Waals surface area contributed by atoms with Crippen molar-refractivity contribution in [1.82, 2.24) is 14.9 Å². The molecular weight excluding hydrogens is 302 g/mol. The Morgan fingerprint density at radius 2 is 2.00 bits per heavy atom. The first-order valence-corrected chi connectivity index (χ1v) is 8.71. The average Bonchev–Trinajstić information content (AvgIpc) is 2.85. The molecule has 0 spiro atoms. The number of hydrogen-bond donors (Lipinski definition) is 1. The number of ether oxygens (including phenoxy) is 1. The maximum atomic E-state index is 12.2. The minimum Gasteiger partial charge on any atom is -0.448 e. The summed E-state index contributed by atoms with van der Waals surface area (Å²) in [4.78, 5) is 24.6. The molecule has 6 nitrogen and oxygen atoms in total. The van der Waals surface area contributed by atoms with Crippen molar-refractivity contribution in [2.45, 2.75) is 70.9 Å². The zero-order chi connectivity index (χ0) is 15.9. The van der Waals surface area contributed by atoms with Gasteiger partial charge in [-0.2, -0.15) is 0 Å². The number of nitrogens with zero attached hydrogens (tertiary/aromatic N) is 2. The lowest BCUT2D eigenvalue weighted by molar-refractivity contribution is -0.129. The van der Waals surface area contributed by atoms with Crippen molar-refractivity contribution in [3.8, 4) is 0 Å². The molecule has 0 aliphatic heterocycles. The molecule has 0 unspecified atom stereocenters. The average molecular weight is 325 g/mol. The van der Waals surface area contributed by atoms with Crippen molar-refractivity contribution in [2.75, 3.05) is 0 Å². The number of nitrogens with one attached hydrogen (secondary N) is 1. The molecule has 1 atom stereocenters. The summed E-state index contributed by atoms with van der Waals surface area (Å²) in [6.07, 6.45) is 6.57. The number of carbonyl (C=O) groups excluding carboxylic acids is 2. The first kappa shape index (κ1) is 16.9. The second-order valence-corrected chi connectivity index (χ2v) is 6.40. The summed E-state index contributed by atoms with van der Waals surface area (Å²) in [6.45, 7) is 3.50. The molecule has 1 aliphatic carbocycles. The van der Waals surface area contributed by atoms with E-state index in [2.05, 4.69) is 14.9 Å². The van der Waals surface area contributed by atoms with Gasteiger partial charge >= 0.3 is 5.97 Å². The largest absolute Gasteiger partial charge is 0.448 e. The van der Waals surface area contributed by atoms with Gasteiger partial charge in [0.15, 0.2) is 11.0 Å². The van der Waals surface area contributed by atoms with Crippen LogP contribution in [0.3, 0.4) is 0 Å². The van der Waals surface area contributed by atoms with Crippen LogP contribution in [0.15, 0.2) is 0 Å². The molecule has 1 aliphatic rings. The lowest BCUT2D eigenvalue weighted by Gasteiger charge is -2.19. The molecule has 0 saturated heterocycles. The predicted octanol–water partition coefficient (Wildman–Crippen LogP) is 2.48. The van der Waals surface area contributed by atoms with Crippen LogP contribution < -0.4 is 5.32 Å². The standard InChI is InChI=1S/C15H23N3O3S/c1-3-12-13(22-18-17-12)15(20)21-10(2)14(19)16-11-8-6-4-5-7-9-11/h10-11H,3-9H2,1-2H3,(H,16,19)/t10-/m1/s1. The highest BCUT2D eigenvalue weighted by Gasteiger charge is 2.24. The third-order valence-electron chi connectivity index (χ3n) is 3.93. The van der Waals surface area contributed by atoms with Crippen molar-refractivity contribution in [3.63, 3.8) is 0 Å². The highest BCUT2D eigenvalue weighted by molar-refractivity contribution is 7.07. The van der Waals surface area contributed by atoms with Crippen LogP contribution in [-0.4, -0.2) is 33.6 Å². The van der Waals surface area contributed by atoms with E-state index in [4.69, 9.17) is 4.74 Å². The van der Waals surface area contributed by atoms with Gasteiger partial charge in [-0.1, -0.05) is 37.1 Å². The second-order valence-electron chi connectivity index (χ2n) is 5.65. The van der Waals surface area contributed by atoms with E-state index in [0.29, 0.717) is 17.0 Å². The summed E-state index contributed by atoms with van der Waals surface area (Å²) in [7, 11) is 0. The zero-order valence-electron chi connectivity index (χ0n) is 13.1. The van der Waals surface area contributed by atoms with Crippen LogP contribution in [0, 0.1) is 0 Å². The lowest BCUT2D eigenvalue weighted by atomic mass is 10.1. The van der Waals surface area contributed by atoms with Crippen molar-refractivity contribution < 1.29 is 14.3 Å². The van der Waals surface area contributed by atoms with Crippen LogP contribution in [-0.2, 0) is 16.0 Å². The van der Waals surface area contributed by atoms with E-state index >= 15 is 0 Å². The lowest BCUT2D eigenvalue weighted by Crippen LogP contribution is -2.41. The number of aromatic nitrogens is 2. The van der Waals surface area contributed by atoms with E-state index in [-0.39, 0.29) is 11.9 Å². The van der Waals surface area contributed by atoms with Crippen LogP contribution in [0.4, 0.5) is 0 Å². The molecule has 0 bridgehead atoms. The predicted molar refractivity (Wildman–Crippen MR) is 83.8 cm³/mol. The smallest absolute Gasteiger partial charge is 0.352 e. The van der Waals surface area contributed by atoms with Crippen molar-refractivity contribution in [2.24, 2.45) is 0 Å². The third kappa shape index (κ3) is 4.50. The maximum absolute atomic E-state index is 12.2. The van der Waals surface area contributed by atoms with Gasteiger partial charge in [-0.25, -0.2) is 4.79 Å². The van der Waals surface area contributed by atoms with Gasteiger partial charge in [0.05, 0.1) is 5.69 Å². The Labute approximate surface area is 134 Å². The molecule has 1 fully saturated rings. The minimum atomic E-state index is -0.803. The summed E-state index contributed by atoms with van der Waals surface area (Å²) in [5.41, 5.74) is 0.617. The normalized spacial score (nSPS) is 17.5. The quantitative estimate of drug-likeness (QED) is 0.664. The second kappa shape index (κ2) is 8.22. The Balaban J connectivity index is 1.86. The highest BCUT2D eigenvalue weighted by atomic mass is 32.1. The highest BCUT2D eigenvalue weighted by Crippen LogP contribution is 2.18. The molecule has 1 N–H and O–H groups in total. The van der Waals surface area contributed by atoms with E-state index < -0.39 is 12.1 Å². The van der Waals surface area contributed by atoms with Gasteiger partial charge in [-0.3, -0.25) is 4.79 Å². The van der Waals surface area contributed by atoms with E-state index in [9.17, 15) is 9.59 Å². The van der Waals surface area contributed by atoms with Gasteiger partial charge in [-0.05, 0) is 37.7 Å². The van der Waals surface area contributed by atoms with Gasteiger partial charge in [0.2, 0.25) is 0 Å². The Bertz CT molecular complexity index is 510. The molecule has 1 saturated carbocycles. The van der Waals surface area contributed by atoms with E-state index in [1.165, 1.54) is 12.8 Å². The Kier molecular flexibility index (Phi) is 6.30. The monoisotopic (exact) mass is 325 g/mol. The van der Waals surface area contributed by atoms with Crippen LogP contribution in [0.1, 0.15) is 67.7 Å². The molecule has 1 heterocycles. The van der Waals surface area contributed by atoms with Gasteiger partial charge < -0.3 is 10.1 Å². The molecule has 1 aromatic heterocycles. The van der Waals surface area contributed by atoms with E-state index in [0.717, 1.165) is 37.2 Å². The Hall–Kier alpha value is -1.50. The van der Waals surface area contributed by atoms with Gasteiger partial charge in [0.25, 0.3) is 5.91 Å².